The first kappa shape index (κ1) is 46.0. The Morgan fingerprint density at radius 3 is 1.58 bits per heavy atom. The van der Waals surface area contributed by atoms with E-state index in [1.807, 2.05) is 0 Å². The van der Waals surface area contributed by atoms with Crippen LogP contribution < -0.4 is 0 Å². The predicted octanol–water partition coefficient (Wildman–Crippen LogP) is 12.5. The van der Waals surface area contributed by atoms with E-state index >= 15 is 0 Å². The van der Waals surface area contributed by atoms with Crippen LogP contribution in [0.15, 0.2) is 29.3 Å². The zero-order chi connectivity index (χ0) is 36.7. The first-order valence-electron chi connectivity index (χ1n) is 21.2. The van der Waals surface area contributed by atoms with Crippen LogP contribution in [-0.4, -0.2) is 49.7 Å². The SMILES string of the molecule is C=C=C=C=C1C(CCCCC)CC(=O)OCCCCCCCCC(CCCN(C)C(C)C)CCCCCCCCOC(=O)CC1CCCCC. The van der Waals surface area contributed by atoms with Crippen LogP contribution in [0.5, 0.6) is 0 Å². The Bertz CT molecular complexity index is 933. The third kappa shape index (κ3) is 24.2. The molecule has 1 heterocycles. The van der Waals surface area contributed by atoms with Gasteiger partial charge in [0.15, 0.2) is 0 Å². The van der Waals surface area contributed by atoms with Crippen molar-refractivity contribution in [2.45, 2.75) is 201 Å². The highest BCUT2D eigenvalue weighted by atomic mass is 16.5. The minimum absolute atomic E-state index is 0.0344. The molecule has 0 saturated carbocycles. The van der Waals surface area contributed by atoms with E-state index in [1.165, 1.54) is 83.6 Å². The van der Waals surface area contributed by atoms with Crippen molar-refractivity contribution in [2.24, 2.45) is 17.8 Å². The summed E-state index contributed by atoms with van der Waals surface area (Å²) in [5, 5.41) is 0. The summed E-state index contributed by atoms with van der Waals surface area (Å²) >= 11 is 0. The second-order valence-corrected chi connectivity index (χ2v) is 15.5. The van der Waals surface area contributed by atoms with Gasteiger partial charge < -0.3 is 14.4 Å². The molecule has 2 atom stereocenters. The third-order valence-corrected chi connectivity index (χ3v) is 10.9. The van der Waals surface area contributed by atoms with Crippen molar-refractivity contribution < 1.29 is 19.1 Å². The van der Waals surface area contributed by atoms with Gasteiger partial charge in [-0.1, -0.05) is 141 Å². The molecule has 0 radical (unpaired) electrons. The lowest BCUT2D eigenvalue weighted by Gasteiger charge is -2.25. The number of hydrogen-bond acceptors (Lipinski definition) is 5. The molecule has 0 N–H and O–H groups in total. The molecule has 5 nitrogen and oxygen atoms in total. The van der Waals surface area contributed by atoms with Crippen molar-refractivity contribution in [3.8, 4) is 0 Å². The second-order valence-electron chi connectivity index (χ2n) is 15.5. The van der Waals surface area contributed by atoms with Gasteiger partial charge in [-0.25, -0.2) is 0 Å². The maximum atomic E-state index is 13.2. The molecule has 1 aliphatic rings. The summed E-state index contributed by atoms with van der Waals surface area (Å²) in [5.74, 6) is 0.495. The number of esters is 2. The highest BCUT2D eigenvalue weighted by Gasteiger charge is 2.28. The Labute approximate surface area is 309 Å². The van der Waals surface area contributed by atoms with Crippen molar-refractivity contribution in [3.63, 3.8) is 0 Å². The standard InChI is InChI=1S/C45H79NO4/c1-7-10-21-31-41-37-44(47)49-35-25-19-15-13-17-23-28-40(30-27-34-46(6)39(4)5)29-24-18-14-16-20-26-36-50-45(48)38-42(32-22-11-8-2)43(41)33-12-9-3/h39-42H,3,7-8,10-11,13-32,34-38H2,1-2,4-6H3. The lowest BCUT2D eigenvalue weighted by molar-refractivity contribution is -0.145. The lowest BCUT2D eigenvalue weighted by atomic mass is 9.79. The van der Waals surface area contributed by atoms with Crippen LogP contribution in [0, 0.1) is 17.8 Å². The van der Waals surface area contributed by atoms with Gasteiger partial charge in [0.25, 0.3) is 0 Å². The molecular formula is C45H79NO4. The molecule has 288 valence electrons. The Balaban J connectivity index is 2.96. The second kappa shape index (κ2) is 31.7. The molecule has 2 unspecified atom stereocenters. The van der Waals surface area contributed by atoms with Gasteiger partial charge in [-0.15, -0.1) is 0 Å². The van der Waals surface area contributed by atoms with Gasteiger partial charge in [0.05, 0.1) is 26.1 Å². The van der Waals surface area contributed by atoms with E-state index in [0.717, 1.165) is 88.5 Å². The first-order chi connectivity index (χ1) is 24.3. The molecule has 0 aliphatic carbocycles. The zero-order valence-corrected chi connectivity index (χ0v) is 33.6. The van der Waals surface area contributed by atoms with Gasteiger partial charge in [0.2, 0.25) is 0 Å². The highest BCUT2D eigenvalue weighted by molar-refractivity contribution is 5.71. The quantitative estimate of drug-likeness (QED) is 0.109. The summed E-state index contributed by atoms with van der Waals surface area (Å²) in [4.78, 5) is 28.9. The van der Waals surface area contributed by atoms with E-state index in [9.17, 15) is 9.59 Å². The number of allylic oxidation sites excluding steroid dienone is 1. The monoisotopic (exact) mass is 698 g/mol. The summed E-state index contributed by atoms with van der Waals surface area (Å²) in [5.41, 5.74) is 10.0. The molecule has 0 spiro atoms. The molecule has 1 saturated heterocycles. The molecule has 0 aromatic carbocycles. The minimum atomic E-state index is -0.143. The van der Waals surface area contributed by atoms with Gasteiger partial charge in [0, 0.05) is 6.04 Å². The van der Waals surface area contributed by atoms with Crippen molar-refractivity contribution in [1.82, 2.24) is 4.90 Å². The molecular weight excluding hydrogens is 618 g/mol. The van der Waals surface area contributed by atoms with E-state index in [0.29, 0.717) is 32.1 Å². The number of carbonyl (C=O) groups excluding carboxylic acids is 2. The number of hydrogen-bond donors (Lipinski definition) is 0. The van der Waals surface area contributed by atoms with E-state index in [4.69, 9.17) is 9.47 Å². The number of carbonyl (C=O) groups is 2. The fraction of sp³-hybridized carbons (Fsp3) is 0.844. The average Bonchev–Trinajstić information content (AvgIpc) is 3.09. The van der Waals surface area contributed by atoms with Gasteiger partial charge in [-0.3, -0.25) is 9.59 Å². The molecule has 1 rings (SSSR count). The van der Waals surface area contributed by atoms with Gasteiger partial charge in [0.1, 0.15) is 0 Å². The number of rotatable bonds is 13. The number of ether oxygens (including phenoxy) is 2. The fourth-order valence-corrected chi connectivity index (χ4v) is 7.37. The summed E-state index contributed by atoms with van der Waals surface area (Å²) < 4.78 is 11.6. The first-order valence-corrected chi connectivity index (χ1v) is 21.2. The Morgan fingerprint density at radius 2 is 1.14 bits per heavy atom. The van der Waals surface area contributed by atoms with Crippen molar-refractivity contribution in [2.75, 3.05) is 26.8 Å². The molecule has 0 aromatic rings. The van der Waals surface area contributed by atoms with Crippen LogP contribution in [0.2, 0.25) is 0 Å². The Hall–Kier alpha value is -2.02. The normalized spacial score (nSPS) is 22.3. The largest absolute Gasteiger partial charge is 0.466 e. The summed E-state index contributed by atoms with van der Waals surface area (Å²) in [7, 11) is 2.25. The molecule has 1 fully saturated rings. The van der Waals surface area contributed by atoms with Gasteiger partial charge in [-0.2, -0.15) is 0 Å². The number of nitrogens with zero attached hydrogens (tertiary/aromatic N) is 1. The maximum Gasteiger partial charge on any atom is 0.306 e. The molecule has 0 amide bonds. The van der Waals surface area contributed by atoms with Crippen LogP contribution in [0.25, 0.3) is 0 Å². The zero-order valence-electron chi connectivity index (χ0n) is 33.6. The van der Waals surface area contributed by atoms with E-state index in [1.54, 1.807) is 0 Å². The summed E-state index contributed by atoms with van der Waals surface area (Å²) in [6, 6.07) is 0.615. The summed E-state index contributed by atoms with van der Waals surface area (Å²) in [6.45, 7) is 14.9. The van der Waals surface area contributed by atoms with E-state index < -0.39 is 0 Å². The minimum Gasteiger partial charge on any atom is -0.466 e. The molecule has 5 heteroatoms. The van der Waals surface area contributed by atoms with Crippen LogP contribution in [0.3, 0.4) is 0 Å². The predicted molar refractivity (Wildman–Crippen MR) is 211 cm³/mol. The van der Waals surface area contributed by atoms with E-state index in [-0.39, 0.29) is 23.8 Å². The molecule has 1 aliphatic heterocycles. The number of cyclic esters (lactones) is 2. The summed E-state index contributed by atoms with van der Waals surface area (Å²) in [6.07, 6.45) is 28.6. The van der Waals surface area contributed by atoms with Crippen LogP contribution in [0.4, 0.5) is 0 Å². The smallest absolute Gasteiger partial charge is 0.306 e. The Morgan fingerprint density at radius 1 is 0.680 bits per heavy atom. The third-order valence-electron chi connectivity index (χ3n) is 10.9. The fourth-order valence-electron chi connectivity index (χ4n) is 7.37. The van der Waals surface area contributed by atoms with Gasteiger partial charge in [-0.05, 0) is 102 Å². The van der Waals surface area contributed by atoms with E-state index in [2.05, 4.69) is 63.4 Å². The van der Waals surface area contributed by atoms with Crippen molar-refractivity contribution >= 4 is 11.9 Å². The maximum absolute atomic E-state index is 13.2. The average molecular weight is 698 g/mol. The lowest BCUT2D eigenvalue weighted by Crippen LogP contribution is -2.27. The number of unbranched alkanes of at least 4 members (excludes halogenated alkanes) is 4. The van der Waals surface area contributed by atoms with Crippen LogP contribution >= 0.6 is 0 Å². The molecule has 0 bridgehead atoms. The molecule has 0 aromatic heterocycles. The topological polar surface area (TPSA) is 55.8 Å². The van der Waals surface area contributed by atoms with Crippen LogP contribution in [0.1, 0.15) is 195 Å². The van der Waals surface area contributed by atoms with Gasteiger partial charge >= 0.3 is 11.9 Å². The Kier molecular flexibility index (Phi) is 29.2. The van der Waals surface area contributed by atoms with Crippen LogP contribution in [-0.2, 0) is 19.1 Å². The highest BCUT2D eigenvalue weighted by Crippen LogP contribution is 2.34. The molecule has 50 heavy (non-hydrogen) atoms. The van der Waals surface area contributed by atoms with Crippen molar-refractivity contribution in [1.29, 1.82) is 0 Å². The van der Waals surface area contributed by atoms with Crippen molar-refractivity contribution in [3.05, 3.63) is 29.3 Å².